The van der Waals surface area contributed by atoms with Gasteiger partial charge >= 0.3 is 126 Å². The molecule has 0 saturated heterocycles. The molecule has 64 heavy (non-hydrogen) atoms. The molecule has 0 bridgehead atoms. The van der Waals surface area contributed by atoms with E-state index in [2.05, 4.69) is 83.1 Å². The minimum atomic E-state index is -1.36. The van der Waals surface area contributed by atoms with Crippen LogP contribution in [0.4, 0.5) is 0 Å². The van der Waals surface area contributed by atoms with Gasteiger partial charge in [-0.1, -0.05) is 132 Å². The number of unbranched alkanes of at least 4 members (excludes halogenated alkanes) is 10. The van der Waals surface area contributed by atoms with Crippen molar-refractivity contribution in [2.75, 3.05) is 0 Å². The monoisotopic (exact) mass is 1120 g/mol. The summed E-state index contributed by atoms with van der Waals surface area (Å²) >= 11 is 0.331. The fraction of sp³-hybridized carbons (Fsp3) is 0.852. The topological polar surface area (TPSA) is 161 Å². The summed E-state index contributed by atoms with van der Waals surface area (Å²) in [5.74, 6) is -2.92. The van der Waals surface area contributed by atoms with E-state index in [9.17, 15) is 39.6 Å². The molecule has 0 atom stereocenters. The molecule has 0 saturated carbocycles. The molecular formula is C54H100O8Sn2. The van der Waals surface area contributed by atoms with Crippen LogP contribution in [0.25, 0.3) is 0 Å². The van der Waals surface area contributed by atoms with Gasteiger partial charge in [0.1, 0.15) is 0 Å². The molecule has 8 nitrogen and oxygen atoms in total. The third-order valence-corrected chi connectivity index (χ3v) is 19.7. The van der Waals surface area contributed by atoms with Crippen molar-refractivity contribution in [3.05, 3.63) is 22.3 Å². The molecule has 0 aliphatic carbocycles. The first kappa shape index (κ1) is 69.5. The van der Waals surface area contributed by atoms with E-state index in [0.29, 0.717) is 49.4 Å². The Bertz CT molecular complexity index is 1010. The first-order valence-electron chi connectivity index (χ1n) is 26.0. The Kier molecular flexibility index (Phi) is 55.8. The van der Waals surface area contributed by atoms with Gasteiger partial charge in [-0.2, -0.15) is 0 Å². The van der Waals surface area contributed by atoms with Crippen LogP contribution in [0.5, 0.6) is 0 Å². The molecule has 0 radical (unpaired) electrons. The molecule has 0 spiro atoms. The molecule has 0 amide bonds. The van der Waals surface area contributed by atoms with Crippen LogP contribution in [0.1, 0.15) is 250 Å². The first-order chi connectivity index (χ1) is 30.3. The first-order valence-corrected chi connectivity index (χ1v) is 34.1. The van der Waals surface area contributed by atoms with Crippen molar-refractivity contribution in [3.8, 4) is 0 Å². The van der Waals surface area contributed by atoms with Gasteiger partial charge < -0.3 is 39.6 Å². The summed E-state index contributed by atoms with van der Waals surface area (Å²) in [7, 11) is 0. The summed E-state index contributed by atoms with van der Waals surface area (Å²) in [5.41, 5.74) is -0.265. The second-order valence-corrected chi connectivity index (χ2v) is 27.8. The molecule has 0 unspecified atom stereocenters. The molecule has 10 heteroatoms. The van der Waals surface area contributed by atoms with Crippen LogP contribution in [0.2, 0.25) is 17.7 Å². The summed E-state index contributed by atoms with van der Waals surface area (Å²) in [6.07, 6.45) is 24.7. The minimum absolute atomic E-state index is 0.0663. The second kappa shape index (κ2) is 51.4. The number of carboxylic acids is 4. The van der Waals surface area contributed by atoms with Crippen molar-refractivity contribution in [2.24, 2.45) is 23.7 Å². The van der Waals surface area contributed by atoms with E-state index < -0.39 is 23.9 Å². The molecule has 0 N–H and O–H groups in total. The van der Waals surface area contributed by atoms with Gasteiger partial charge in [0.15, 0.2) is 0 Å². The molecular weight excluding hydrogens is 1010 g/mol. The van der Waals surface area contributed by atoms with Gasteiger partial charge in [-0.3, -0.25) is 0 Å². The number of hydrogen-bond acceptors (Lipinski definition) is 8. The van der Waals surface area contributed by atoms with Crippen LogP contribution in [-0.4, -0.2) is 66.2 Å². The van der Waals surface area contributed by atoms with Crippen molar-refractivity contribution >= 4 is 66.2 Å². The third-order valence-electron chi connectivity index (χ3n) is 10.8. The van der Waals surface area contributed by atoms with Crippen LogP contribution < -0.4 is 20.4 Å². The van der Waals surface area contributed by atoms with Crippen molar-refractivity contribution in [1.29, 1.82) is 0 Å². The Morgan fingerprint density at radius 2 is 0.531 bits per heavy atom. The number of carbonyl (C=O) groups excluding carboxylic acids is 4. The van der Waals surface area contributed by atoms with E-state index in [1.807, 2.05) is 0 Å². The number of carboxylic acid groups (broad SMARTS) is 4. The zero-order valence-corrected chi connectivity index (χ0v) is 49.5. The average Bonchev–Trinajstić information content (AvgIpc) is 3.21. The molecule has 0 fully saturated rings. The summed E-state index contributed by atoms with van der Waals surface area (Å²) in [6, 6.07) is 0. The third kappa shape index (κ3) is 51.9. The van der Waals surface area contributed by atoms with Crippen molar-refractivity contribution < 1.29 is 39.6 Å². The SMILES string of the molecule is CC(C)CCCCC/C(C(=O)[O-])=C(\CCCCCC(C)C)C(=O)[O-].CC(C)CCCCC/C(C(=O)[O-])=C(\CCCCCC(C)C)C(=O)[O-].CCC[CH2][Sn+2][CH2]CCC.CC[CH2][Sn+2][CH2]CC. The summed E-state index contributed by atoms with van der Waals surface area (Å²) in [4.78, 5) is 45.3. The van der Waals surface area contributed by atoms with Gasteiger partial charge in [0.05, 0.1) is 23.9 Å². The van der Waals surface area contributed by atoms with Crippen molar-refractivity contribution in [3.63, 3.8) is 0 Å². The summed E-state index contributed by atoms with van der Waals surface area (Å²) < 4.78 is 6.44. The van der Waals surface area contributed by atoms with E-state index in [4.69, 9.17) is 0 Å². The molecule has 0 heterocycles. The number of carbonyl (C=O) groups is 4. The Balaban J connectivity index is -0.000000420. The number of hydrogen-bond donors (Lipinski definition) is 0. The van der Waals surface area contributed by atoms with Crippen LogP contribution in [0, 0.1) is 23.7 Å². The van der Waals surface area contributed by atoms with E-state index in [0.717, 1.165) is 77.0 Å². The zero-order chi connectivity index (χ0) is 49.6. The van der Waals surface area contributed by atoms with Crippen LogP contribution in [-0.2, 0) is 19.2 Å². The van der Waals surface area contributed by atoms with E-state index in [-0.39, 0.29) is 90.3 Å². The van der Waals surface area contributed by atoms with Gasteiger partial charge in [-0.05, 0) is 97.3 Å². The van der Waals surface area contributed by atoms with Gasteiger partial charge in [0, 0.05) is 0 Å². The Hall–Kier alpha value is -1.04. The Morgan fingerprint density at radius 1 is 0.312 bits per heavy atom. The van der Waals surface area contributed by atoms with Crippen molar-refractivity contribution in [2.45, 2.75) is 268 Å². The van der Waals surface area contributed by atoms with Crippen LogP contribution >= 0.6 is 0 Å². The fourth-order valence-electron chi connectivity index (χ4n) is 6.84. The van der Waals surface area contributed by atoms with Crippen LogP contribution in [0.15, 0.2) is 22.3 Å². The fourth-order valence-corrected chi connectivity index (χ4v) is 13.7. The van der Waals surface area contributed by atoms with Gasteiger partial charge in [0.2, 0.25) is 0 Å². The van der Waals surface area contributed by atoms with Gasteiger partial charge in [-0.15, -0.1) is 0 Å². The normalized spacial score (nSPS) is 11.6. The molecule has 0 aromatic heterocycles. The van der Waals surface area contributed by atoms with E-state index in [1.165, 1.54) is 38.5 Å². The number of aliphatic carboxylic acids is 4. The maximum absolute atomic E-state index is 11.3. The van der Waals surface area contributed by atoms with Crippen LogP contribution in [0.3, 0.4) is 0 Å². The van der Waals surface area contributed by atoms with Crippen molar-refractivity contribution in [1.82, 2.24) is 0 Å². The van der Waals surface area contributed by atoms with Gasteiger partial charge in [-0.25, -0.2) is 0 Å². The second-order valence-electron chi connectivity index (χ2n) is 19.2. The average molecular weight is 1110 g/mol. The molecule has 0 rings (SSSR count). The predicted molar refractivity (Wildman–Crippen MR) is 267 cm³/mol. The molecule has 0 aliphatic heterocycles. The Labute approximate surface area is 416 Å². The standard InChI is InChI=1S/2C20H36O4.2C4H9.2C3H7.2Sn/c2*1-15(2)11-7-5-9-13-17(19(21)22)18(20(23)24)14-10-6-8-12-16(3)4;2*1-3-4-2;2*1-3-2;;/h2*15-16H,5-14H2,1-4H3,(H,21,22)(H,23,24);2*1,3-4H2,2H3;2*1,3H2,2H3;;/q;;;;;;2*+2/p-4/b2*18-17-;;;;;;. The summed E-state index contributed by atoms with van der Waals surface area (Å²) in [6.45, 7) is 26.4. The van der Waals surface area contributed by atoms with E-state index >= 15 is 0 Å². The zero-order valence-electron chi connectivity index (χ0n) is 43.8. The molecule has 0 aliphatic rings. The molecule has 0 aromatic carbocycles. The molecule has 372 valence electrons. The Morgan fingerprint density at radius 3 is 0.703 bits per heavy atom. The summed E-state index contributed by atoms with van der Waals surface area (Å²) in [5, 5.41) is 45.3. The van der Waals surface area contributed by atoms with Gasteiger partial charge in [0.25, 0.3) is 0 Å². The maximum atomic E-state index is 11.3. The quantitative estimate of drug-likeness (QED) is 0.0335. The predicted octanol–water partition coefficient (Wildman–Crippen LogP) is 11.5. The molecule has 0 aromatic rings. The number of rotatable bonds is 38. The van der Waals surface area contributed by atoms with E-state index in [1.54, 1.807) is 17.7 Å².